The fourth-order valence-corrected chi connectivity index (χ4v) is 7.19. The van der Waals surface area contributed by atoms with E-state index in [1.807, 2.05) is 0 Å². The predicted octanol–water partition coefficient (Wildman–Crippen LogP) is 13.4. The molecule has 3 atom stereocenters. The zero-order valence-corrected chi connectivity index (χ0v) is 35.0. The molecule has 0 aliphatic rings. The third-order valence-corrected chi connectivity index (χ3v) is 10.8. The van der Waals surface area contributed by atoms with E-state index in [1.54, 1.807) is 0 Å². The van der Waals surface area contributed by atoms with Gasteiger partial charge in [0.25, 0.3) is 0 Å². The summed E-state index contributed by atoms with van der Waals surface area (Å²) < 4.78 is 0. The lowest BCUT2D eigenvalue weighted by Crippen LogP contribution is -2.50. The molecule has 0 heterocycles. The van der Waals surface area contributed by atoms with Gasteiger partial charge >= 0.3 is 0 Å². The van der Waals surface area contributed by atoms with E-state index >= 15 is 0 Å². The van der Waals surface area contributed by atoms with Gasteiger partial charge in [-0.15, -0.1) is 0 Å². The fraction of sp³-hybridized carbons (Fsp3) is 0.894. The third-order valence-electron chi connectivity index (χ3n) is 10.8. The summed E-state index contributed by atoms with van der Waals surface area (Å²) >= 11 is 0. The monoisotopic (exact) mass is 734 g/mol. The average Bonchev–Trinajstić information content (AvgIpc) is 3.15. The molecule has 0 saturated carbocycles. The molecule has 308 valence electrons. The van der Waals surface area contributed by atoms with Gasteiger partial charge in [-0.3, -0.25) is 4.79 Å². The van der Waals surface area contributed by atoms with E-state index in [0.29, 0.717) is 12.8 Å². The average molecular weight is 734 g/mol. The highest BCUT2D eigenvalue weighted by atomic mass is 16.3. The van der Waals surface area contributed by atoms with Crippen LogP contribution in [0.25, 0.3) is 0 Å². The van der Waals surface area contributed by atoms with Crippen molar-refractivity contribution in [2.24, 2.45) is 0 Å². The zero-order chi connectivity index (χ0) is 38.0. The second-order valence-corrected chi connectivity index (χ2v) is 16.0. The van der Waals surface area contributed by atoms with Gasteiger partial charge in [0.05, 0.1) is 18.8 Å². The molecule has 5 heteroatoms. The molecule has 1 amide bonds. The number of aliphatic hydroxyl groups excluding tert-OH is 3. The summed E-state index contributed by atoms with van der Waals surface area (Å²) in [5.41, 5.74) is 0. The molecular weight excluding hydrogens is 643 g/mol. The lowest BCUT2D eigenvalue weighted by Gasteiger charge is -2.26. The van der Waals surface area contributed by atoms with Gasteiger partial charge in [0.2, 0.25) is 5.91 Å². The summed E-state index contributed by atoms with van der Waals surface area (Å²) in [7, 11) is 0. The number of rotatable bonds is 42. The number of allylic oxidation sites excluding steroid dienone is 4. The maximum Gasteiger partial charge on any atom is 0.220 e. The van der Waals surface area contributed by atoms with Crippen molar-refractivity contribution < 1.29 is 20.1 Å². The highest BCUT2D eigenvalue weighted by Crippen LogP contribution is 2.17. The van der Waals surface area contributed by atoms with Gasteiger partial charge < -0.3 is 20.6 Å². The van der Waals surface area contributed by atoms with Crippen molar-refractivity contribution in [3.05, 3.63) is 24.3 Å². The van der Waals surface area contributed by atoms with Crippen molar-refractivity contribution in [3.63, 3.8) is 0 Å². The summed E-state index contributed by atoms with van der Waals surface area (Å²) in [5.74, 6) is -0.151. The van der Waals surface area contributed by atoms with Crippen LogP contribution in [0.5, 0.6) is 0 Å². The largest absolute Gasteiger partial charge is 0.394 e. The molecule has 0 aliphatic carbocycles. The minimum Gasteiger partial charge on any atom is -0.394 e. The molecule has 0 bridgehead atoms. The summed E-state index contributed by atoms with van der Waals surface area (Å²) in [6.45, 7) is 4.16. The van der Waals surface area contributed by atoms with E-state index in [4.69, 9.17) is 0 Å². The molecule has 0 aromatic rings. The van der Waals surface area contributed by atoms with E-state index in [0.717, 1.165) is 51.4 Å². The minimum atomic E-state index is -1.14. The van der Waals surface area contributed by atoms with Crippen LogP contribution in [0.2, 0.25) is 0 Å². The fourth-order valence-electron chi connectivity index (χ4n) is 7.19. The lowest BCUT2D eigenvalue weighted by molar-refractivity contribution is -0.124. The van der Waals surface area contributed by atoms with Gasteiger partial charge in [0.1, 0.15) is 6.10 Å². The van der Waals surface area contributed by atoms with Gasteiger partial charge in [-0.2, -0.15) is 0 Å². The quantitative estimate of drug-likeness (QED) is 0.0371. The number of aliphatic hydroxyl groups is 3. The molecule has 52 heavy (non-hydrogen) atoms. The van der Waals surface area contributed by atoms with Crippen LogP contribution in [0.15, 0.2) is 24.3 Å². The zero-order valence-electron chi connectivity index (χ0n) is 35.0. The van der Waals surface area contributed by atoms with E-state index in [2.05, 4.69) is 43.5 Å². The second-order valence-electron chi connectivity index (χ2n) is 16.0. The number of hydrogen-bond acceptors (Lipinski definition) is 4. The molecule has 0 spiro atoms. The Balaban J connectivity index is 3.60. The Labute approximate surface area is 324 Å². The lowest BCUT2D eigenvalue weighted by atomic mass is 9.99. The Bertz CT molecular complexity index is 768. The molecule has 0 aromatic heterocycles. The van der Waals surface area contributed by atoms with Crippen molar-refractivity contribution >= 4 is 5.91 Å². The summed E-state index contributed by atoms with van der Waals surface area (Å²) in [5, 5.41) is 33.6. The topological polar surface area (TPSA) is 89.8 Å². The molecular formula is C47H91NO4. The molecule has 4 N–H and O–H groups in total. The highest BCUT2D eigenvalue weighted by molar-refractivity contribution is 5.76. The van der Waals surface area contributed by atoms with Crippen LogP contribution in [0.4, 0.5) is 0 Å². The Morgan fingerprint density at radius 2 is 0.827 bits per heavy atom. The van der Waals surface area contributed by atoms with Crippen LogP contribution >= 0.6 is 0 Å². The van der Waals surface area contributed by atoms with Gasteiger partial charge in [-0.05, 0) is 44.9 Å². The molecule has 0 rings (SSSR count). The number of carbonyl (C=O) groups is 1. The summed E-state index contributed by atoms with van der Waals surface area (Å²) in [4.78, 5) is 12.4. The van der Waals surface area contributed by atoms with Crippen molar-refractivity contribution in [1.82, 2.24) is 5.32 Å². The van der Waals surface area contributed by atoms with E-state index < -0.39 is 18.2 Å². The highest BCUT2D eigenvalue weighted by Gasteiger charge is 2.26. The van der Waals surface area contributed by atoms with Gasteiger partial charge in [0, 0.05) is 6.42 Å². The molecule has 0 radical (unpaired) electrons. The Kier molecular flexibility index (Phi) is 41.6. The van der Waals surface area contributed by atoms with Crippen LogP contribution in [-0.4, -0.2) is 46.1 Å². The van der Waals surface area contributed by atoms with Crippen molar-refractivity contribution in [3.8, 4) is 0 Å². The van der Waals surface area contributed by atoms with Crippen LogP contribution in [0, 0.1) is 0 Å². The van der Waals surface area contributed by atoms with Gasteiger partial charge in [-0.25, -0.2) is 0 Å². The van der Waals surface area contributed by atoms with Crippen LogP contribution in [-0.2, 0) is 4.79 Å². The van der Waals surface area contributed by atoms with E-state index in [9.17, 15) is 20.1 Å². The van der Waals surface area contributed by atoms with Crippen molar-refractivity contribution in [2.45, 2.75) is 263 Å². The first-order valence-electron chi connectivity index (χ1n) is 23.1. The van der Waals surface area contributed by atoms with Gasteiger partial charge in [0.15, 0.2) is 0 Å². The van der Waals surface area contributed by atoms with E-state index in [-0.39, 0.29) is 12.5 Å². The van der Waals surface area contributed by atoms with Crippen molar-refractivity contribution in [1.29, 1.82) is 0 Å². The first kappa shape index (κ1) is 50.8. The number of amides is 1. The van der Waals surface area contributed by atoms with Crippen molar-refractivity contribution in [2.75, 3.05) is 6.61 Å². The molecule has 3 unspecified atom stereocenters. The SMILES string of the molecule is CCCCC/C=C\C/C=C\CCCCCCCCCC(=O)NC(CO)C(O)C(O)CCCCCCCCCCCCCCCCCCCCCCC. The Morgan fingerprint density at radius 3 is 1.25 bits per heavy atom. The molecule has 0 fully saturated rings. The predicted molar refractivity (Wildman–Crippen MR) is 227 cm³/mol. The maximum absolute atomic E-state index is 12.4. The maximum atomic E-state index is 12.4. The normalized spacial score (nSPS) is 13.7. The summed E-state index contributed by atoms with van der Waals surface area (Å²) in [6, 6.07) is -0.812. The van der Waals surface area contributed by atoms with Crippen LogP contribution in [0.1, 0.15) is 245 Å². The first-order chi connectivity index (χ1) is 25.6. The number of hydrogen-bond donors (Lipinski definition) is 4. The molecule has 0 aromatic carbocycles. The molecule has 0 saturated heterocycles. The standard InChI is InChI=1S/C47H91NO4/c1-3-5-7-9-11-13-15-17-19-21-22-23-24-26-27-29-31-33-35-37-39-41-45(50)47(52)44(43-49)48-46(51)42-40-38-36-34-32-30-28-25-20-18-16-14-12-10-8-6-4-2/h12,14,18,20,44-45,47,49-50,52H,3-11,13,15-17,19,21-43H2,1-2H3,(H,48,51)/b14-12-,20-18-. The van der Waals surface area contributed by atoms with Crippen LogP contribution in [0.3, 0.4) is 0 Å². The number of unbranched alkanes of at least 4 members (excludes halogenated alkanes) is 30. The summed E-state index contributed by atoms with van der Waals surface area (Å²) in [6.07, 6.45) is 51.4. The van der Waals surface area contributed by atoms with Crippen LogP contribution < -0.4 is 5.32 Å². The van der Waals surface area contributed by atoms with E-state index in [1.165, 1.54) is 167 Å². The second kappa shape index (κ2) is 42.6. The number of carbonyl (C=O) groups excluding carboxylic acids is 1. The van der Waals surface area contributed by atoms with Gasteiger partial charge in [-0.1, -0.05) is 218 Å². The Morgan fingerprint density at radius 1 is 0.481 bits per heavy atom. The smallest absolute Gasteiger partial charge is 0.220 e. The molecule has 5 nitrogen and oxygen atoms in total. The minimum absolute atomic E-state index is 0.151. The Hall–Kier alpha value is -1.17. The third kappa shape index (κ3) is 37.2. The number of nitrogens with one attached hydrogen (secondary N) is 1. The first-order valence-corrected chi connectivity index (χ1v) is 23.1. The molecule has 0 aliphatic heterocycles.